The smallest absolute Gasteiger partial charge is 0.286 e. The standard InChI is InChI=1S/C39H53FN6O6.C2H6/c1-9-10-11-15-26(6)34(49)43-39(7,8)22-13-12-17-30(47)41-32(25(4)5)38(51)46-23-14-16-29(46)35(50)42-31(24(2)3)33(48)37-45-44-36(52-37)27-18-20-28(40)21-19-27;1-2/h9-11,15,18-21,24-25,29,31-32H,6,12-14,16-17,22-23H2,1-5,7-8H3,(H,41,47)(H,42,50)(H,43,49);1-2H3/b10-9-,15-11-;/t29-,31?,32?;/m0./s1. The lowest BCUT2D eigenvalue weighted by Crippen LogP contribution is -2.57. The van der Waals surface area contributed by atoms with E-state index in [-0.39, 0.29) is 47.8 Å². The predicted molar refractivity (Wildman–Crippen MR) is 207 cm³/mol. The van der Waals surface area contributed by atoms with Gasteiger partial charge in [-0.1, -0.05) is 78.8 Å². The van der Waals surface area contributed by atoms with Gasteiger partial charge in [-0.3, -0.25) is 24.0 Å². The summed E-state index contributed by atoms with van der Waals surface area (Å²) in [4.78, 5) is 67.9. The summed E-state index contributed by atoms with van der Waals surface area (Å²) in [6.07, 6.45) is 10.1. The molecule has 3 N–H and O–H groups in total. The SMILES string of the molecule is C=C(/C=C\C=C/C)C(=O)NC(C)(C)CCCCC(=O)NC(C(=O)N1CCC[C@H]1C(=O)NC(C(=O)c1nnc(-c2ccc(F)cc2)o1)C(C)C)C(C)C.CC. The molecule has 0 saturated carbocycles. The van der Waals surface area contributed by atoms with E-state index in [1.807, 2.05) is 60.6 Å². The van der Waals surface area contributed by atoms with Gasteiger partial charge in [-0.05, 0) is 82.6 Å². The van der Waals surface area contributed by atoms with Crippen LogP contribution in [-0.4, -0.2) is 74.7 Å². The highest BCUT2D eigenvalue weighted by Crippen LogP contribution is 2.23. The Kier molecular flexibility index (Phi) is 18.2. The van der Waals surface area contributed by atoms with Crippen molar-refractivity contribution >= 4 is 29.4 Å². The van der Waals surface area contributed by atoms with E-state index in [1.54, 1.807) is 26.0 Å². The van der Waals surface area contributed by atoms with E-state index in [9.17, 15) is 28.4 Å². The zero-order valence-corrected chi connectivity index (χ0v) is 33.3. The summed E-state index contributed by atoms with van der Waals surface area (Å²) in [6.45, 7) is 21.1. The number of Topliss-reactive ketones (excluding diaryl/α,β-unsaturated/α-hetero) is 1. The Balaban J connectivity index is 0.00000495. The first kappa shape index (κ1) is 45.2. The van der Waals surface area contributed by atoms with Crippen molar-refractivity contribution in [2.75, 3.05) is 6.54 Å². The molecule has 1 aromatic carbocycles. The first-order chi connectivity index (χ1) is 25.5. The van der Waals surface area contributed by atoms with Crippen molar-refractivity contribution in [3.63, 3.8) is 0 Å². The Hall–Kier alpha value is -4.94. The third kappa shape index (κ3) is 13.5. The molecule has 296 valence electrons. The normalized spacial score (nSPS) is 15.6. The Morgan fingerprint density at radius 1 is 0.981 bits per heavy atom. The number of halogens is 1. The van der Waals surface area contributed by atoms with Crippen LogP contribution in [0.2, 0.25) is 0 Å². The van der Waals surface area contributed by atoms with Crippen LogP contribution in [0.3, 0.4) is 0 Å². The molecule has 0 bridgehead atoms. The van der Waals surface area contributed by atoms with Gasteiger partial charge in [-0.25, -0.2) is 4.39 Å². The number of carbonyl (C=O) groups excluding carboxylic acids is 5. The van der Waals surface area contributed by atoms with Crippen LogP contribution in [-0.2, 0) is 19.2 Å². The second-order valence-electron chi connectivity index (χ2n) is 14.4. The molecule has 3 atom stereocenters. The highest BCUT2D eigenvalue weighted by atomic mass is 19.1. The molecule has 1 aromatic heterocycles. The molecule has 2 heterocycles. The maximum Gasteiger partial charge on any atom is 0.286 e. The number of amides is 4. The lowest BCUT2D eigenvalue weighted by atomic mass is 9.95. The van der Waals surface area contributed by atoms with E-state index in [1.165, 1.54) is 29.2 Å². The number of nitrogens with zero attached hydrogens (tertiary/aromatic N) is 3. The monoisotopic (exact) mass is 750 g/mol. The predicted octanol–water partition coefficient (Wildman–Crippen LogP) is 6.50. The number of ketones is 1. The molecule has 1 fully saturated rings. The molecular formula is C41H59FN6O6. The van der Waals surface area contributed by atoms with Crippen LogP contribution in [0.5, 0.6) is 0 Å². The van der Waals surface area contributed by atoms with Gasteiger partial charge < -0.3 is 25.3 Å². The van der Waals surface area contributed by atoms with Crippen molar-refractivity contribution in [2.24, 2.45) is 11.8 Å². The van der Waals surface area contributed by atoms with E-state index in [4.69, 9.17) is 4.42 Å². The zero-order valence-electron chi connectivity index (χ0n) is 33.3. The number of hydrogen-bond donors (Lipinski definition) is 3. The van der Waals surface area contributed by atoms with Gasteiger partial charge in [0.05, 0.1) is 6.04 Å². The molecule has 1 aliphatic rings. The van der Waals surface area contributed by atoms with E-state index in [0.29, 0.717) is 49.8 Å². The third-order valence-corrected chi connectivity index (χ3v) is 8.86. The second kappa shape index (κ2) is 21.7. The van der Waals surface area contributed by atoms with Crippen LogP contribution < -0.4 is 16.0 Å². The Morgan fingerprint density at radius 3 is 2.24 bits per heavy atom. The van der Waals surface area contributed by atoms with Crippen molar-refractivity contribution in [1.29, 1.82) is 0 Å². The van der Waals surface area contributed by atoms with Crippen molar-refractivity contribution in [3.8, 4) is 11.5 Å². The lowest BCUT2D eigenvalue weighted by molar-refractivity contribution is -0.142. The second-order valence-corrected chi connectivity index (χ2v) is 14.4. The summed E-state index contributed by atoms with van der Waals surface area (Å²) in [7, 11) is 0. The molecule has 1 saturated heterocycles. The van der Waals surface area contributed by atoms with Gasteiger partial charge >= 0.3 is 0 Å². The number of rotatable bonds is 18. The van der Waals surface area contributed by atoms with Crippen LogP contribution in [0.15, 0.2) is 65.1 Å². The minimum atomic E-state index is -1.01. The highest BCUT2D eigenvalue weighted by molar-refractivity contribution is 6.00. The van der Waals surface area contributed by atoms with Gasteiger partial charge in [0, 0.05) is 29.6 Å². The number of allylic oxidation sites excluding steroid dienone is 3. The maximum absolute atomic E-state index is 13.8. The number of likely N-dealkylation sites (tertiary alicyclic amines) is 1. The number of hydrogen-bond acceptors (Lipinski definition) is 8. The molecule has 13 heteroatoms. The minimum absolute atomic E-state index is 0.0371. The number of benzene rings is 1. The molecule has 0 radical (unpaired) electrons. The van der Waals surface area contributed by atoms with Gasteiger partial charge in [0.2, 0.25) is 29.4 Å². The van der Waals surface area contributed by atoms with Gasteiger partial charge in [-0.2, -0.15) is 0 Å². The average molecular weight is 751 g/mol. The largest absolute Gasteiger partial charge is 0.414 e. The fraction of sp³-hybridized carbons (Fsp3) is 0.537. The van der Waals surface area contributed by atoms with Gasteiger partial charge in [0.15, 0.2) is 0 Å². The van der Waals surface area contributed by atoms with Gasteiger partial charge in [0.25, 0.3) is 11.8 Å². The molecule has 2 unspecified atom stereocenters. The van der Waals surface area contributed by atoms with Crippen molar-refractivity contribution in [3.05, 3.63) is 72.4 Å². The van der Waals surface area contributed by atoms with Crippen molar-refractivity contribution < 1.29 is 32.8 Å². The fourth-order valence-corrected chi connectivity index (χ4v) is 5.85. The molecule has 54 heavy (non-hydrogen) atoms. The van der Waals surface area contributed by atoms with Crippen LogP contribution >= 0.6 is 0 Å². The van der Waals surface area contributed by atoms with E-state index in [2.05, 4.69) is 32.7 Å². The number of aromatic nitrogens is 2. The van der Waals surface area contributed by atoms with Crippen molar-refractivity contribution in [2.45, 2.75) is 125 Å². The summed E-state index contributed by atoms with van der Waals surface area (Å²) >= 11 is 0. The van der Waals surface area contributed by atoms with E-state index >= 15 is 0 Å². The summed E-state index contributed by atoms with van der Waals surface area (Å²) in [5, 5.41) is 16.4. The van der Waals surface area contributed by atoms with E-state index < -0.39 is 41.2 Å². The van der Waals surface area contributed by atoms with Crippen LogP contribution in [0, 0.1) is 17.7 Å². The van der Waals surface area contributed by atoms with Crippen LogP contribution in [0.25, 0.3) is 11.5 Å². The third-order valence-electron chi connectivity index (χ3n) is 8.86. The number of unbranched alkanes of at least 4 members (excludes halogenated alkanes) is 1. The molecule has 12 nitrogen and oxygen atoms in total. The molecule has 0 aliphatic carbocycles. The summed E-state index contributed by atoms with van der Waals surface area (Å²) in [5.74, 6) is -3.26. The Bertz CT molecular complexity index is 1640. The van der Waals surface area contributed by atoms with Crippen molar-refractivity contribution in [1.82, 2.24) is 31.0 Å². The summed E-state index contributed by atoms with van der Waals surface area (Å²) < 4.78 is 18.9. The quantitative estimate of drug-likeness (QED) is 0.0673. The first-order valence-electron chi connectivity index (χ1n) is 18.9. The molecule has 4 amide bonds. The van der Waals surface area contributed by atoms with Gasteiger partial charge in [-0.15, -0.1) is 10.2 Å². The van der Waals surface area contributed by atoms with Gasteiger partial charge in [0.1, 0.15) is 17.9 Å². The summed E-state index contributed by atoms with van der Waals surface area (Å²) in [6, 6.07) is 2.69. The number of carbonyl (C=O) groups is 5. The average Bonchev–Trinajstić information content (AvgIpc) is 3.83. The molecular weight excluding hydrogens is 691 g/mol. The topological polar surface area (TPSA) is 164 Å². The van der Waals surface area contributed by atoms with Crippen LogP contribution in [0.4, 0.5) is 4.39 Å². The maximum atomic E-state index is 13.8. The first-order valence-corrected chi connectivity index (χ1v) is 18.9. The zero-order chi connectivity index (χ0) is 40.6. The number of nitrogens with one attached hydrogen (secondary N) is 3. The lowest BCUT2D eigenvalue weighted by Gasteiger charge is -2.31. The Labute approximate surface area is 319 Å². The molecule has 2 aromatic rings. The fourth-order valence-electron chi connectivity index (χ4n) is 5.85. The summed E-state index contributed by atoms with van der Waals surface area (Å²) in [5.41, 5.74) is 0.276. The minimum Gasteiger partial charge on any atom is -0.414 e. The molecule has 1 aliphatic heterocycles. The molecule has 3 rings (SSSR count). The molecule has 0 spiro atoms. The van der Waals surface area contributed by atoms with Crippen LogP contribution in [0.1, 0.15) is 112 Å². The Morgan fingerprint density at radius 2 is 1.63 bits per heavy atom. The highest BCUT2D eigenvalue weighted by Gasteiger charge is 2.40. The van der Waals surface area contributed by atoms with E-state index in [0.717, 1.165) is 0 Å².